The van der Waals surface area contributed by atoms with Crippen LogP contribution in [-0.2, 0) is 18.7 Å². The molecular formula is C10H16N2S2. The van der Waals surface area contributed by atoms with Crippen molar-refractivity contribution in [2.24, 2.45) is 5.73 Å². The van der Waals surface area contributed by atoms with Gasteiger partial charge in [-0.1, -0.05) is 0 Å². The molecule has 1 aliphatic heterocycles. The van der Waals surface area contributed by atoms with Crippen LogP contribution in [0.15, 0.2) is 6.07 Å². The van der Waals surface area contributed by atoms with Crippen LogP contribution in [-0.4, -0.2) is 18.8 Å². The molecule has 0 aromatic carbocycles. The Morgan fingerprint density at radius 1 is 1.50 bits per heavy atom. The van der Waals surface area contributed by atoms with Gasteiger partial charge in [-0.15, -0.1) is 11.3 Å². The third-order valence-electron chi connectivity index (χ3n) is 2.30. The predicted octanol–water partition coefficient (Wildman–Crippen LogP) is 1.59. The topological polar surface area (TPSA) is 38.0 Å². The van der Waals surface area contributed by atoms with E-state index in [1.165, 1.54) is 22.8 Å². The summed E-state index contributed by atoms with van der Waals surface area (Å²) in [5.74, 6) is 2.51. The number of fused-ring (bicyclic) bond motifs is 1. The molecule has 0 saturated carbocycles. The van der Waals surface area contributed by atoms with Gasteiger partial charge in [-0.3, -0.25) is 0 Å². The van der Waals surface area contributed by atoms with Crippen LogP contribution in [0.5, 0.6) is 0 Å². The van der Waals surface area contributed by atoms with Crippen molar-refractivity contribution in [3.8, 4) is 0 Å². The molecule has 1 aromatic heterocycles. The summed E-state index contributed by atoms with van der Waals surface area (Å²) in [5.41, 5.74) is 6.99. The Morgan fingerprint density at radius 3 is 3.21 bits per heavy atom. The van der Waals surface area contributed by atoms with Crippen molar-refractivity contribution < 1.29 is 0 Å². The average Bonchev–Trinajstić information content (AvgIpc) is 2.60. The Kier molecular flexibility index (Phi) is 3.87. The summed E-state index contributed by atoms with van der Waals surface area (Å²) in [6.45, 7) is 2.62. The lowest BCUT2D eigenvalue weighted by atomic mass is 10.2. The zero-order chi connectivity index (χ0) is 9.80. The molecule has 2 heterocycles. The zero-order valence-corrected chi connectivity index (χ0v) is 9.85. The molecule has 2 rings (SSSR count). The first-order valence-electron chi connectivity index (χ1n) is 4.99. The van der Waals surface area contributed by atoms with Gasteiger partial charge in [0.1, 0.15) is 0 Å². The summed E-state index contributed by atoms with van der Waals surface area (Å²) < 4.78 is 0. The molecule has 0 bridgehead atoms. The highest BCUT2D eigenvalue weighted by atomic mass is 32.2. The van der Waals surface area contributed by atoms with E-state index in [-0.39, 0.29) is 0 Å². The van der Waals surface area contributed by atoms with Crippen LogP contribution in [0.4, 0.5) is 0 Å². The third kappa shape index (κ3) is 2.51. The normalized spacial score (nSPS) is 15.5. The lowest BCUT2D eigenvalue weighted by molar-refractivity contribution is 0.701. The Balaban J connectivity index is 1.94. The molecule has 78 valence electrons. The van der Waals surface area contributed by atoms with Gasteiger partial charge in [0, 0.05) is 35.1 Å². The second kappa shape index (κ2) is 5.16. The lowest BCUT2D eigenvalue weighted by Crippen LogP contribution is -2.21. The molecule has 0 spiro atoms. The molecule has 0 aliphatic carbocycles. The summed E-state index contributed by atoms with van der Waals surface area (Å²) >= 11 is 4.01. The zero-order valence-electron chi connectivity index (χ0n) is 8.21. The van der Waals surface area contributed by atoms with E-state index in [2.05, 4.69) is 11.4 Å². The molecular weight excluding hydrogens is 212 g/mol. The Labute approximate surface area is 93.3 Å². The van der Waals surface area contributed by atoms with Gasteiger partial charge in [-0.2, -0.15) is 11.8 Å². The molecule has 0 fully saturated rings. The van der Waals surface area contributed by atoms with Gasteiger partial charge >= 0.3 is 0 Å². The van der Waals surface area contributed by atoms with E-state index in [4.69, 9.17) is 5.73 Å². The molecule has 0 saturated heterocycles. The summed E-state index contributed by atoms with van der Waals surface area (Å²) in [6.07, 6.45) is 1.27. The fraction of sp³-hybridized carbons (Fsp3) is 0.600. The van der Waals surface area contributed by atoms with Crippen molar-refractivity contribution >= 4 is 23.1 Å². The average molecular weight is 228 g/mol. The molecule has 0 atom stereocenters. The first kappa shape index (κ1) is 10.5. The molecule has 0 unspecified atom stereocenters. The van der Waals surface area contributed by atoms with E-state index in [1.807, 2.05) is 23.1 Å². The number of aryl methyl sites for hydroxylation is 1. The third-order valence-corrected chi connectivity index (χ3v) is 4.54. The van der Waals surface area contributed by atoms with Gasteiger partial charge < -0.3 is 11.1 Å². The van der Waals surface area contributed by atoms with Gasteiger partial charge in [-0.05, 0) is 23.8 Å². The molecule has 0 radical (unpaired) electrons. The van der Waals surface area contributed by atoms with E-state index in [0.717, 1.165) is 19.6 Å². The SMILES string of the molecule is NCCNCc1cc2c(s1)CCSC2. The van der Waals surface area contributed by atoms with Crippen molar-refractivity contribution in [1.82, 2.24) is 5.32 Å². The van der Waals surface area contributed by atoms with Gasteiger partial charge in [0.2, 0.25) is 0 Å². The van der Waals surface area contributed by atoms with Crippen LogP contribution in [0.3, 0.4) is 0 Å². The molecule has 1 aromatic rings. The predicted molar refractivity (Wildman–Crippen MR) is 64.9 cm³/mol. The van der Waals surface area contributed by atoms with E-state index >= 15 is 0 Å². The number of nitrogens with one attached hydrogen (secondary N) is 1. The van der Waals surface area contributed by atoms with Crippen molar-refractivity contribution in [3.63, 3.8) is 0 Å². The van der Waals surface area contributed by atoms with E-state index in [1.54, 1.807) is 10.4 Å². The van der Waals surface area contributed by atoms with Crippen LogP contribution >= 0.6 is 23.1 Å². The van der Waals surface area contributed by atoms with Crippen LogP contribution in [0.2, 0.25) is 0 Å². The van der Waals surface area contributed by atoms with Crippen LogP contribution in [0.1, 0.15) is 15.3 Å². The monoisotopic (exact) mass is 228 g/mol. The minimum absolute atomic E-state index is 0.723. The summed E-state index contributed by atoms with van der Waals surface area (Å²) in [6, 6.07) is 2.36. The van der Waals surface area contributed by atoms with Gasteiger partial charge in [0.25, 0.3) is 0 Å². The largest absolute Gasteiger partial charge is 0.329 e. The Hall–Kier alpha value is -0.0300. The summed E-state index contributed by atoms with van der Waals surface area (Å²) in [7, 11) is 0. The van der Waals surface area contributed by atoms with Crippen molar-refractivity contribution in [3.05, 3.63) is 21.4 Å². The van der Waals surface area contributed by atoms with Gasteiger partial charge in [0.05, 0.1) is 0 Å². The maximum atomic E-state index is 5.43. The van der Waals surface area contributed by atoms with E-state index < -0.39 is 0 Å². The second-order valence-electron chi connectivity index (χ2n) is 3.43. The first-order valence-corrected chi connectivity index (χ1v) is 6.96. The van der Waals surface area contributed by atoms with E-state index in [9.17, 15) is 0 Å². The quantitative estimate of drug-likeness (QED) is 0.769. The Morgan fingerprint density at radius 2 is 2.43 bits per heavy atom. The molecule has 1 aliphatic rings. The van der Waals surface area contributed by atoms with Gasteiger partial charge in [0.15, 0.2) is 0 Å². The van der Waals surface area contributed by atoms with Crippen molar-refractivity contribution in [1.29, 1.82) is 0 Å². The maximum Gasteiger partial charge on any atom is 0.0300 e. The molecule has 14 heavy (non-hydrogen) atoms. The second-order valence-corrected chi connectivity index (χ2v) is 5.76. The Bertz CT molecular complexity index is 273. The number of rotatable bonds is 4. The smallest absolute Gasteiger partial charge is 0.0300 e. The summed E-state index contributed by atoms with van der Waals surface area (Å²) in [4.78, 5) is 3.07. The molecule has 4 heteroatoms. The van der Waals surface area contributed by atoms with Crippen LogP contribution < -0.4 is 11.1 Å². The highest BCUT2D eigenvalue weighted by molar-refractivity contribution is 7.98. The first-order chi connectivity index (χ1) is 6.90. The number of thioether (sulfide) groups is 1. The van der Waals surface area contributed by atoms with E-state index in [0.29, 0.717) is 0 Å². The number of hydrogen-bond acceptors (Lipinski definition) is 4. The van der Waals surface area contributed by atoms with Crippen LogP contribution in [0, 0.1) is 0 Å². The fourth-order valence-electron chi connectivity index (χ4n) is 1.61. The minimum atomic E-state index is 0.723. The standard InChI is InChI=1S/C10H16N2S2/c11-2-3-12-6-9-5-8-7-13-4-1-10(8)14-9/h5,12H,1-4,6-7,11H2. The van der Waals surface area contributed by atoms with Crippen molar-refractivity contribution in [2.45, 2.75) is 18.7 Å². The maximum absolute atomic E-state index is 5.43. The lowest BCUT2D eigenvalue weighted by Gasteiger charge is -2.08. The number of thiophene rings is 1. The summed E-state index contributed by atoms with van der Waals surface area (Å²) in [5, 5.41) is 3.34. The molecule has 2 nitrogen and oxygen atoms in total. The minimum Gasteiger partial charge on any atom is -0.329 e. The number of hydrogen-bond donors (Lipinski definition) is 2. The fourth-order valence-corrected chi connectivity index (χ4v) is 3.96. The highest BCUT2D eigenvalue weighted by Crippen LogP contribution is 2.31. The van der Waals surface area contributed by atoms with Crippen LogP contribution in [0.25, 0.3) is 0 Å². The molecule has 3 N–H and O–H groups in total. The van der Waals surface area contributed by atoms with Crippen molar-refractivity contribution in [2.75, 3.05) is 18.8 Å². The number of nitrogens with two attached hydrogens (primary N) is 1. The van der Waals surface area contributed by atoms with Gasteiger partial charge in [-0.25, -0.2) is 0 Å². The highest BCUT2D eigenvalue weighted by Gasteiger charge is 2.12. The molecule has 0 amide bonds.